The molecule has 1 atom stereocenters. The monoisotopic (exact) mass is 424 g/mol. The number of sulfonamides is 1. The summed E-state index contributed by atoms with van der Waals surface area (Å²) >= 11 is 0. The van der Waals surface area contributed by atoms with Crippen molar-refractivity contribution >= 4 is 31.5 Å². The summed E-state index contributed by atoms with van der Waals surface area (Å²) < 4.78 is 48.0. The minimum atomic E-state index is -3.52. The van der Waals surface area contributed by atoms with Gasteiger partial charge in [0.05, 0.1) is 28.4 Å². The van der Waals surface area contributed by atoms with Crippen molar-refractivity contribution < 1.29 is 21.6 Å². The van der Waals surface area contributed by atoms with E-state index in [1.54, 1.807) is 36.4 Å². The minimum Gasteiger partial charge on any atom is -0.345 e. The number of nitrogens with zero attached hydrogens (tertiary/aromatic N) is 1. The third-order valence-electron chi connectivity index (χ3n) is 4.41. The molecule has 28 heavy (non-hydrogen) atoms. The Kier molecular flexibility index (Phi) is 6.51. The van der Waals surface area contributed by atoms with Crippen molar-refractivity contribution in [3.05, 3.63) is 59.7 Å². The number of carbonyl (C=O) groups is 1. The van der Waals surface area contributed by atoms with Crippen LogP contribution in [0.25, 0.3) is 0 Å². The van der Waals surface area contributed by atoms with Crippen molar-refractivity contribution in [2.45, 2.75) is 24.3 Å². The molecule has 0 saturated heterocycles. The van der Waals surface area contributed by atoms with Crippen LogP contribution >= 0.6 is 0 Å². The topological polar surface area (TPSA) is 101 Å². The summed E-state index contributed by atoms with van der Waals surface area (Å²) in [5.41, 5.74) is 1.28. The summed E-state index contributed by atoms with van der Waals surface area (Å²) in [4.78, 5) is 13.0. The van der Waals surface area contributed by atoms with E-state index in [2.05, 4.69) is 5.32 Å². The van der Waals surface area contributed by atoms with Gasteiger partial charge in [0.1, 0.15) is 0 Å². The second-order valence-electron chi connectivity index (χ2n) is 6.52. The van der Waals surface area contributed by atoms with Crippen LogP contribution in [0.1, 0.15) is 35.3 Å². The summed E-state index contributed by atoms with van der Waals surface area (Å²) in [6.07, 6.45) is 2.78. The molecule has 0 heterocycles. The highest BCUT2D eigenvalue weighted by molar-refractivity contribution is 7.92. The molecule has 0 radical (unpaired) electrons. The first-order valence-corrected chi connectivity index (χ1v) is 12.3. The Hall–Kier alpha value is -2.39. The predicted molar refractivity (Wildman–Crippen MR) is 110 cm³/mol. The SMILES string of the molecule is CC[C@H](NC(=O)c1ccccc1N(C)S(C)(=O)=O)c1ccc(S(C)(=O)=O)cc1. The summed E-state index contributed by atoms with van der Waals surface area (Å²) in [6, 6.07) is 12.4. The molecule has 1 amide bonds. The van der Waals surface area contributed by atoms with Crippen molar-refractivity contribution in [2.24, 2.45) is 0 Å². The number of anilines is 1. The van der Waals surface area contributed by atoms with Crippen LogP contribution in [0.4, 0.5) is 5.69 Å². The van der Waals surface area contributed by atoms with Gasteiger partial charge in [-0.2, -0.15) is 0 Å². The Morgan fingerprint density at radius 3 is 2.07 bits per heavy atom. The maximum atomic E-state index is 12.8. The predicted octanol–water partition coefficient (Wildman–Crippen LogP) is 2.37. The first-order chi connectivity index (χ1) is 12.9. The van der Waals surface area contributed by atoms with E-state index in [-0.39, 0.29) is 22.2 Å². The lowest BCUT2D eigenvalue weighted by atomic mass is 10.0. The number of hydrogen-bond acceptors (Lipinski definition) is 5. The maximum Gasteiger partial charge on any atom is 0.253 e. The zero-order chi connectivity index (χ0) is 21.1. The highest BCUT2D eigenvalue weighted by atomic mass is 32.2. The zero-order valence-corrected chi connectivity index (χ0v) is 17.8. The van der Waals surface area contributed by atoms with Crippen molar-refractivity contribution in [3.8, 4) is 0 Å². The van der Waals surface area contributed by atoms with Crippen LogP contribution in [-0.2, 0) is 19.9 Å². The van der Waals surface area contributed by atoms with Crippen molar-refractivity contribution in [2.75, 3.05) is 23.9 Å². The van der Waals surface area contributed by atoms with E-state index in [9.17, 15) is 21.6 Å². The van der Waals surface area contributed by atoms with Crippen molar-refractivity contribution in [1.29, 1.82) is 0 Å². The Bertz CT molecular complexity index is 1060. The van der Waals surface area contributed by atoms with Crippen LogP contribution in [-0.4, -0.2) is 42.3 Å². The normalized spacial score (nSPS) is 13.0. The summed E-state index contributed by atoms with van der Waals surface area (Å²) in [6.45, 7) is 1.89. The quantitative estimate of drug-likeness (QED) is 0.735. The molecular formula is C19H24N2O5S2. The fraction of sp³-hybridized carbons (Fsp3) is 0.316. The van der Waals surface area contributed by atoms with E-state index in [1.165, 1.54) is 19.2 Å². The molecule has 0 spiro atoms. The molecule has 7 nitrogen and oxygen atoms in total. The first-order valence-electron chi connectivity index (χ1n) is 8.59. The molecule has 0 aliphatic carbocycles. The van der Waals surface area contributed by atoms with Crippen LogP contribution in [0.3, 0.4) is 0 Å². The molecule has 2 aromatic carbocycles. The molecule has 0 aliphatic heterocycles. The van der Waals surface area contributed by atoms with Crippen molar-refractivity contribution in [3.63, 3.8) is 0 Å². The second-order valence-corrected chi connectivity index (χ2v) is 10.6. The number of amides is 1. The fourth-order valence-electron chi connectivity index (χ4n) is 2.72. The van der Waals surface area contributed by atoms with Gasteiger partial charge in [-0.3, -0.25) is 9.10 Å². The molecule has 0 bridgehead atoms. The Balaban J connectivity index is 2.31. The molecule has 0 aliphatic rings. The number of nitrogens with one attached hydrogen (secondary N) is 1. The van der Waals surface area contributed by atoms with Gasteiger partial charge in [0.2, 0.25) is 10.0 Å². The highest BCUT2D eigenvalue weighted by Crippen LogP contribution is 2.24. The fourth-order valence-corrected chi connectivity index (χ4v) is 3.87. The van der Waals surface area contributed by atoms with Gasteiger partial charge in [-0.1, -0.05) is 31.2 Å². The molecule has 0 fully saturated rings. The maximum absolute atomic E-state index is 12.8. The Morgan fingerprint density at radius 1 is 1.00 bits per heavy atom. The Morgan fingerprint density at radius 2 is 1.57 bits per heavy atom. The first kappa shape index (κ1) is 21.9. The van der Waals surface area contributed by atoms with Gasteiger partial charge >= 0.3 is 0 Å². The van der Waals surface area contributed by atoms with Crippen LogP contribution in [0.15, 0.2) is 53.4 Å². The molecule has 152 valence electrons. The molecule has 2 aromatic rings. The molecular weight excluding hydrogens is 400 g/mol. The number of para-hydroxylation sites is 1. The molecule has 1 N–H and O–H groups in total. The van der Waals surface area contributed by atoms with Gasteiger partial charge in [-0.15, -0.1) is 0 Å². The van der Waals surface area contributed by atoms with Crippen molar-refractivity contribution in [1.82, 2.24) is 5.32 Å². The van der Waals surface area contributed by atoms with Gasteiger partial charge in [0, 0.05) is 13.3 Å². The number of sulfone groups is 1. The van der Waals surface area contributed by atoms with Gasteiger partial charge in [-0.25, -0.2) is 16.8 Å². The smallest absolute Gasteiger partial charge is 0.253 e. The van der Waals surface area contributed by atoms with Crippen LogP contribution < -0.4 is 9.62 Å². The summed E-state index contributed by atoms with van der Waals surface area (Å²) in [5.74, 6) is -0.412. The molecule has 0 aromatic heterocycles. The average molecular weight is 425 g/mol. The van der Waals surface area contributed by atoms with E-state index in [1.807, 2.05) is 6.92 Å². The molecule has 9 heteroatoms. The van der Waals surface area contributed by atoms with Gasteiger partial charge in [0.15, 0.2) is 9.84 Å². The third kappa shape index (κ3) is 5.11. The van der Waals surface area contributed by atoms with Crippen LogP contribution in [0.5, 0.6) is 0 Å². The number of rotatable bonds is 7. The second kappa shape index (κ2) is 8.32. The van der Waals surface area contributed by atoms with E-state index < -0.39 is 25.8 Å². The molecule has 0 saturated carbocycles. The van der Waals surface area contributed by atoms with E-state index >= 15 is 0 Å². The van der Waals surface area contributed by atoms with Gasteiger partial charge < -0.3 is 5.32 Å². The van der Waals surface area contributed by atoms with Gasteiger partial charge in [-0.05, 0) is 36.2 Å². The van der Waals surface area contributed by atoms with Crippen LogP contribution in [0, 0.1) is 0 Å². The lowest BCUT2D eigenvalue weighted by Gasteiger charge is -2.22. The molecule has 2 rings (SSSR count). The Labute approximate surface area is 166 Å². The highest BCUT2D eigenvalue weighted by Gasteiger charge is 2.21. The standard InChI is InChI=1S/C19H24N2O5S2/c1-5-17(14-10-12-15(13-11-14)27(3,23)24)20-19(22)16-8-6-7-9-18(16)21(2)28(4,25)26/h6-13,17H,5H2,1-4H3,(H,20,22)/t17-/m0/s1. The van der Waals surface area contributed by atoms with E-state index in [0.717, 1.165) is 22.4 Å². The van der Waals surface area contributed by atoms with E-state index in [4.69, 9.17) is 0 Å². The summed E-state index contributed by atoms with van der Waals surface area (Å²) in [5, 5.41) is 2.89. The number of benzene rings is 2. The van der Waals surface area contributed by atoms with Crippen LogP contribution in [0.2, 0.25) is 0 Å². The average Bonchev–Trinajstić information content (AvgIpc) is 2.64. The zero-order valence-electron chi connectivity index (χ0n) is 16.2. The lowest BCUT2D eigenvalue weighted by Crippen LogP contribution is -2.32. The number of carbonyl (C=O) groups excluding carboxylic acids is 1. The molecule has 0 unspecified atom stereocenters. The van der Waals surface area contributed by atoms with Gasteiger partial charge in [0.25, 0.3) is 5.91 Å². The lowest BCUT2D eigenvalue weighted by molar-refractivity contribution is 0.0936. The minimum absolute atomic E-state index is 0.206. The summed E-state index contributed by atoms with van der Waals surface area (Å²) in [7, 11) is -5.43. The largest absolute Gasteiger partial charge is 0.345 e. The third-order valence-corrected chi connectivity index (χ3v) is 6.73. The van der Waals surface area contributed by atoms with E-state index in [0.29, 0.717) is 6.42 Å². The number of hydrogen-bond donors (Lipinski definition) is 1.